The van der Waals surface area contributed by atoms with Gasteiger partial charge in [-0.3, -0.25) is 9.48 Å². The van der Waals surface area contributed by atoms with Crippen LogP contribution in [0.1, 0.15) is 42.4 Å². The molecule has 110 valence electrons. The van der Waals surface area contributed by atoms with E-state index in [1.165, 1.54) is 0 Å². The zero-order valence-electron chi connectivity index (χ0n) is 12.2. The van der Waals surface area contributed by atoms with Gasteiger partial charge >= 0.3 is 0 Å². The van der Waals surface area contributed by atoms with E-state index in [0.717, 1.165) is 55.3 Å². The highest BCUT2D eigenvalue weighted by Gasteiger charge is 2.43. The highest BCUT2D eigenvalue weighted by Crippen LogP contribution is 2.41. The normalized spacial score (nSPS) is 30.0. The van der Waals surface area contributed by atoms with Gasteiger partial charge < -0.3 is 4.74 Å². The number of Topliss-reactive ketones (excluding diaryl/α,β-unsaturated/α-hetero) is 1. The van der Waals surface area contributed by atoms with E-state index in [4.69, 9.17) is 4.74 Å². The highest BCUT2D eigenvalue weighted by molar-refractivity contribution is 7.99. The number of nitrogens with zero attached hydrogens (tertiary/aromatic N) is 2. The summed E-state index contributed by atoms with van der Waals surface area (Å²) in [5.41, 5.74) is 1.67. The Balaban J connectivity index is 1.79. The smallest absolute Gasteiger partial charge is 0.184 e. The van der Waals surface area contributed by atoms with E-state index >= 15 is 0 Å². The summed E-state index contributed by atoms with van der Waals surface area (Å²) in [5.74, 6) is 2.56. The SMILES string of the molecule is CCn1nc(C)cc1C(=O)C1CCOC2(CCSC2)C1. The fourth-order valence-electron chi connectivity index (χ4n) is 3.31. The minimum atomic E-state index is -0.0324. The van der Waals surface area contributed by atoms with Crippen LogP contribution in [0.2, 0.25) is 0 Å². The number of thioether (sulfide) groups is 1. The van der Waals surface area contributed by atoms with E-state index in [-0.39, 0.29) is 17.3 Å². The third-order valence-electron chi connectivity index (χ3n) is 4.39. The van der Waals surface area contributed by atoms with Crippen LogP contribution < -0.4 is 0 Å². The summed E-state index contributed by atoms with van der Waals surface area (Å²) in [5, 5.41) is 4.39. The zero-order valence-corrected chi connectivity index (χ0v) is 13.0. The number of aromatic nitrogens is 2. The lowest BCUT2D eigenvalue weighted by atomic mass is 9.82. The van der Waals surface area contributed by atoms with Gasteiger partial charge in [-0.05, 0) is 44.9 Å². The maximum Gasteiger partial charge on any atom is 0.184 e. The van der Waals surface area contributed by atoms with Crippen LogP contribution in [0.25, 0.3) is 0 Å². The Hall–Kier alpha value is -0.810. The van der Waals surface area contributed by atoms with Crippen molar-refractivity contribution >= 4 is 17.5 Å². The van der Waals surface area contributed by atoms with Crippen molar-refractivity contribution in [3.05, 3.63) is 17.5 Å². The number of carbonyl (C=O) groups excluding carboxylic acids is 1. The molecule has 0 N–H and O–H groups in total. The van der Waals surface area contributed by atoms with Crippen LogP contribution >= 0.6 is 11.8 Å². The molecular weight excluding hydrogens is 272 g/mol. The molecule has 2 aliphatic heterocycles. The van der Waals surface area contributed by atoms with Gasteiger partial charge in [-0.25, -0.2) is 0 Å². The molecule has 0 radical (unpaired) electrons. The van der Waals surface area contributed by atoms with Crippen LogP contribution in [0.15, 0.2) is 6.07 Å². The van der Waals surface area contributed by atoms with E-state index in [1.807, 2.05) is 36.4 Å². The Morgan fingerprint density at radius 3 is 3.20 bits per heavy atom. The van der Waals surface area contributed by atoms with Gasteiger partial charge in [0.25, 0.3) is 0 Å². The third-order valence-corrected chi connectivity index (χ3v) is 5.61. The van der Waals surface area contributed by atoms with Crippen LogP contribution in [0.4, 0.5) is 0 Å². The molecule has 2 atom stereocenters. The quantitative estimate of drug-likeness (QED) is 0.804. The first-order chi connectivity index (χ1) is 9.63. The summed E-state index contributed by atoms with van der Waals surface area (Å²) in [6.07, 6.45) is 2.82. The van der Waals surface area contributed by atoms with Crippen molar-refractivity contribution in [1.29, 1.82) is 0 Å². The molecule has 3 rings (SSSR count). The molecule has 0 amide bonds. The lowest BCUT2D eigenvalue weighted by molar-refractivity contribution is -0.0735. The first kappa shape index (κ1) is 14.1. The second-order valence-corrected chi connectivity index (χ2v) is 6.98. The van der Waals surface area contributed by atoms with Crippen LogP contribution in [0.3, 0.4) is 0 Å². The summed E-state index contributed by atoms with van der Waals surface area (Å²) in [6, 6.07) is 1.93. The number of ether oxygens (including phenoxy) is 1. The van der Waals surface area contributed by atoms with Gasteiger partial charge in [-0.1, -0.05) is 0 Å². The van der Waals surface area contributed by atoms with Crippen molar-refractivity contribution in [3.8, 4) is 0 Å². The molecule has 1 aromatic rings. The van der Waals surface area contributed by atoms with Gasteiger partial charge in [0.05, 0.1) is 11.3 Å². The van der Waals surface area contributed by atoms with E-state index in [2.05, 4.69) is 5.10 Å². The molecule has 5 heteroatoms. The summed E-state index contributed by atoms with van der Waals surface area (Å²) in [6.45, 7) is 5.44. The average Bonchev–Trinajstić information content (AvgIpc) is 3.05. The summed E-state index contributed by atoms with van der Waals surface area (Å²) >= 11 is 1.95. The Bertz CT molecular complexity index is 506. The molecule has 2 aliphatic rings. The van der Waals surface area contributed by atoms with Gasteiger partial charge in [0, 0.05) is 24.8 Å². The van der Waals surface area contributed by atoms with Crippen LogP contribution in [0.5, 0.6) is 0 Å². The van der Waals surface area contributed by atoms with Gasteiger partial charge in [-0.2, -0.15) is 16.9 Å². The largest absolute Gasteiger partial charge is 0.374 e. The number of hydrogen-bond donors (Lipinski definition) is 0. The molecule has 1 aromatic heterocycles. The van der Waals surface area contributed by atoms with Gasteiger partial charge in [-0.15, -0.1) is 0 Å². The summed E-state index contributed by atoms with van der Waals surface area (Å²) in [4.78, 5) is 12.8. The van der Waals surface area contributed by atoms with Crippen molar-refractivity contribution < 1.29 is 9.53 Å². The molecule has 1 spiro atoms. The van der Waals surface area contributed by atoms with Crippen molar-refractivity contribution in [2.75, 3.05) is 18.1 Å². The van der Waals surface area contributed by atoms with E-state index in [0.29, 0.717) is 0 Å². The maximum atomic E-state index is 12.8. The molecule has 0 bridgehead atoms. The maximum absolute atomic E-state index is 12.8. The predicted octanol–water partition coefficient (Wildman–Crippen LogP) is 2.70. The lowest BCUT2D eigenvalue weighted by Crippen LogP contribution is -2.42. The molecule has 3 heterocycles. The molecule has 2 unspecified atom stereocenters. The number of aryl methyl sites for hydroxylation is 2. The standard InChI is InChI=1S/C15H22N2O2S/c1-3-17-13(8-11(2)16-17)14(18)12-4-6-19-15(9-12)5-7-20-10-15/h8,12H,3-7,9-10H2,1-2H3. The number of carbonyl (C=O) groups is 1. The van der Waals surface area contributed by atoms with Crippen LogP contribution in [-0.4, -0.2) is 39.3 Å². The van der Waals surface area contributed by atoms with Gasteiger partial charge in [0.2, 0.25) is 0 Å². The van der Waals surface area contributed by atoms with E-state index in [1.54, 1.807) is 0 Å². The van der Waals surface area contributed by atoms with Gasteiger partial charge in [0.15, 0.2) is 5.78 Å². The monoisotopic (exact) mass is 294 g/mol. The van der Waals surface area contributed by atoms with E-state index < -0.39 is 0 Å². The molecule has 4 nitrogen and oxygen atoms in total. The first-order valence-electron chi connectivity index (χ1n) is 7.44. The minimum absolute atomic E-state index is 0.0324. The van der Waals surface area contributed by atoms with Crippen molar-refractivity contribution in [2.45, 2.75) is 45.3 Å². The fraction of sp³-hybridized carbons (Fsp3) is 0.733. The second-order valence-electron chi connectivity index (χ2n) is 5.87. The fourth-order valence-corrected chi connectivity index (χ4v) is 4.69. The highest BCUT2D eigenvalue weighted by atomic mass is 32.2. The number of hydrogen-bond acceptors (Lipinski definition) is 4. The molecule has 20 heavy (non-hydrogen) atoms. The van der Waals surface area contributed by atoms with Crippen LogP contribution in [-0.2, 0) is 11.3 Å². The Morgan fingerprint density at radius 2 is 2.50 bits per heavy atom. The minimum Gasteiger partial charge on any atom is -0.374 e. The Labute approximate surface area is 124 Å². The summed E-state index contributed by atoms with van der Waals surface area (Å²) in [7, 11) is 0. The van der Waals surface area contributed by atoms with E-state index in [9.17, 15) is 4.79 Å². The van der Waals surface area contributed by atoms with Crippen molar-refractivity contribution in [1.82, 2.24) is 9.78 Å². The topological polar surface area (TPSA) is 44.1 Å². The lowest BCUT2D eigenvalue weighted by Gasteiger charge is -2.37. The van der Waals surface area contributed by atoms with Crippen LogP contribution in [0, 0.1) is 12.8 Å². The second kappa shape index (κ2) is 5.53. The number of ketones is 1. The zero-order chi connectivity index (χ0) is 14.2. The third kappa shape index (κ3) is 2.53. The van der Waals surface area contributed by atoms with Crippen molar-refractivity contribution in [2.24, 2.45) is 5.92 Å². The molecule has 2 fully saturated rings. The first-order valence-corrected chi connectivity index (χ1v) is 8.59. The van der Waals surface area contributed by atoms with Crippen molar-refractivity contribution in [3.63, 3.8) is 0 Å². The number of rotatable bonds is 3. The molecule has 0 saturated carbocycles. The average molecular weight is 294 g/mol. The summed E-state index contributed by atoms with van der Waals surface area (Å²) < 4.78 is 7.85. The Kier molecular flexibility index (Phi) is 3.91. The molecule has 0 aliphatic carbocycles. The Morgan fingerprint density at radius 1 is 1.65 bits per heavy atom. The molecule has 2 saturated heterocycles. The predicted molar refractivity (Wildman–Crippen MR) is 80.3 cm³/mol. The van der Waals surface area contributed by atoms with Gasteiger partial charge in [0.1, 0.15) is 5.69 Å². The molecular formula is C15H22N2O2S. The molecule has 0 aromatic carbocycles.